The standard InChI is InChI=1S/C15H24N2O3S/c1-11(15(19)20)5-3-6-12(2)16-10-14(18)17-9-13-7-4-8-21-13/h4,7-8,11-12,16H,3,5-6,9-10H2,1-2H3,(H,17,18)(H,19,20). The van der Waals surface area contributed by atoms with Gasteiger partial charge in [0.15, 0.2) is 0 Å². The lowest BCUT2D eigenvalue weighted by Crippen LogP contribution is -2.37. The minimum absolute atomic E-state index is 0.0193. The van der Waals surface area contributed by atoms with Crippen molar-refractivity contribution in [3.8, 4) is 0 Å². The second-order valence-electron chi connectivity index (χ2n) is 5.31. The fourth-order valence-electron chi connectivity index (χ4n) is 1.88. The van der Waals surface area contributed by atoms with Crippen molar-refractivity contribution in [2.75, 3.05) is 6.54 Å². The Morgan fingerprint density at radius 3 is 2.71 bits per heavy atom. The lowest BCUT2D eigenvalue weighted by atomic mass is 10.0. The molecule has 0 radical (unpaired) electrons. The second-order valence-corrected chi connectivity index (χ2v) is 6.34. The average molecular weight is 312 g/mol. The molecule has 0 saturated heterocycles. The van der Waals surface area contributed by atoms with Crippen LogP contribution in [0.5, 0.6) is 0 Å². The Kier molecular flexibility index (Phi) is 8.00. The highest BCUT2D eigenvalue weighted by molar-refractivity contribution is 7.09. The lowest BCUT2D eigenvalue weighted by Gasteiger charge is -2.14. The molecule has 0 aromatic carbocycles. The molecule has 2 unspecified atom stereocenters. The predicted octanol–water partition coefficient (Wildman–Crippen LogP) is 2.23. The van der Waals surface area contributed by atoms with E-state index in [9.17, 15) is 9.59 Å². The van der Waals surface area contributed by atoms with E-state index in [0.29, 0.717) is 19.5 Å². The van der Waals surface area contributed by atoms with E-state index in [4.69, 9.17) is 5.11 Å². The molecule has 1 aromatic rings. The Bertz CT molecular complexity index is 434. The summed E-state index contributed by atoms with van der Waals surface area (Å²) < 4.78 is 0. The summed E-state index contributed by atoms with van der Waals surface area (Å²) in [6, 6.07) is 4.16. The Morgan fingerprint density at radius 2 is 2.10 bits per heavy atom. The highest BCUT2D eigenvalue weighted by Gasteiger charge is 2.11. The van der Waals surface area contributed by atoms with Crippen LogP contribution in [0.4, 0.5) is 0 Å². The van der Waals surface area contributed by atoms with Crippen LogP contribution in [0.2, 0.25) is 0 Å². The van der Waals surface area contributed by atoms with Crippen molar-refractivity contribution in [1.29, 1.82) is 0 Å². The fraction of sp³-hybridized carbons (Fsp3) is 0.600. The minimum atomic E-state index is -0.747. The zero-order chi connectivity index (χ0) is 15.7. The van der Waals surface area contributed by atoms with E-state index < -0.39 is 5.97 Å². The van der Waals surface area contributed by atoms with E-state index in [0.717, 1.165) is 17.7 Å². The fourth-order valence-corrected chi connectivity index (χ4v) is 2.53. The Labute approximate surface area is 129 Å². The summed E-state index contributed by atoms with van der Waals surface area (Å²) in [5.74, 6) is -1.07. The van der Waals surface area contributed by atoms with Crippen LogP contribution in [0.3, 0.4) is 0 Å². The molecule has 0 aliphatic heterocycles. The maximum absolute atomic E-state index is 11.7. The molecule has 0 saturated carbocycles. The van der Waals surface area contributed by atoms with Crippen LogP contribution in [0.25, 0.3) is 0 Å². The van der Waals surface area contributed by atoms with Crippen LogP contribution in [-0.2, 0) is 16.1 Å². The first-order valence-corrected chi connectivity index (χ1v) is 8.12. The molecule has 0 spiro atoms. The van der Waals surface area contributed by atoms with Crippen LogP contribution < -0.4 is 10.6 Å². The monoisotopic (exact) mass is 312 g/mol. The molecule has 1 rings (SSSR count). The van der Waals surface area contributed by atoms with Gasteiger partial charge in [0.25, 0.3) is 0 Å². The number of carbonyl (C=O) groups is 2. The van der Waals surface area contributed by atoms with Crippen molar-refractivity contribution in [2.45, 2.75) is 45.7 Å². The van der Waals surface area contributed by atoms with Crippen molar-refractivity contribution >= 4 is 23.2 Å². The van der Waals surface area contributed by atoms with Crippen molar-refractivity contribution in [1.82, 2.24) is 10.6 Å². The van der Waals surface area contributed by atoms with Gasteiger partial charge < -0.3 is 15.7 Å². The van der Waals surface area contributed by atoms with Crippen LogP contribution in [-0.4, -0.2) is 29.6 Å². The van der Waals surface area contributed by atoms with Gasteiger partial charge in [-0.1, -0.05) is 19.4 Å². The van der Waals surface area contributed by atoms with E-state index in [1.807, 2.05) is 24.4 Å². The summed E-state index contributed by atoms with van der Waals surface area (Å²) >= 11 is 1.62. The Hall–Kier alpha value is -1.40. The van der Waals surface area contributed by atoms with E-state index in [1.165, 1.54) is 0 Å². The number of aliphatic carboxylic acids is 1. The van der Waals surface area contributed by atoms with E-state index >= 15 is 0 Å². The molecular formula is C15H24N2O3S. The van der Waals surface area contributed by atoms with Gasteiger partial charge in [-0.2, -0.15) is 0 Å². The van der Waals surface area contributed by atoms with Crippen molar-refractivity contribution in [3.63, 3.8) is 0 Å². The molecule has 2 atom stereocenters. The Balaban J connectivity index is 2.07. The number of hydrogen-bond acceptors (Lipinski definition) is 4. The van der Waals surface area contributed by atoms with E-state index in [1.54, 1.807) is 18.3 Å². The number of thiophene rings is 1. The molecule has 6 heteroatoms. The van der Waals surface area contributed by atoms with Crippen molar-refractivity contribution < 1.29 is 14.7 Å². The summed E-state index contributed by atoms with van der Waals surface area (Å²) in [6.45, 7) is 4.60. The SMILES string of the molecule is CC(CCCC(C)C(=O)O)NCC(=O)NCc1cccs1. The molecule has 5 nitrogen and oxygen atoms in total. The summed E-state index contributed by atoms with van der Waals surface area (Å²) in [4.78, 5) is 23.5. The topological polar surface area (TPSA) is 78.4 Å². The zero-order valence-electron chi connectivity index (χ0n) is 12.6. The molecule has 1 amide bonds. The lowest BCUT2D eigenvalue weighted by molar-refractivity contribution is -0.141. The molecule has 1 heterocycles. The average Bonchev–Trinajstić information content (AvgIpc) is 2.95. The van der Waals surface area contributed by atoms with Gasteiger partial charge in [0.2, 0.25) is 5.91 Å². The molecule has 3 N–H and O–H groups in total. The first-order chi connectivity index (χ1) is 9.99. The number of carboxylic acid groups (broad SMARTS) is 1. The van der Waals surface area contributed by atoms with Gasteiger partial charge in [-0.25, -0.2) is 0 Å². The summed E-state index contributed by atoms with van der Waals surface area (Å²) in [5, 5.41) is 16.8. The van der Waals surface area contributed by atoms with Crippen LogP contribution in [0, 0.1) is 5.92 Å². The number of carboxylic acids is 1. The zero-order valence-corrected chi connectivity index (χ0v) is 13.4. The van der Waals surface area contributed by atoms with Crippen molar-refractivity contribution in [2.24, 2.45) is 5.92 Å². The number of nitrogens with one attached hydrogen (secondary N) is 2. The Morgan fingerprint density at radius 1 is 1.33 bits per heavy atom. The second kappa shape index (κ2) is 9.52. The van der Waals surface area contributed by atoms with Gasteiger partial charge in [0.1, 0.15) is 0 Å². The third-order valence-electron chi connectivity index (χ3n) is 3.35. The maximum atomic E-state index is 11.7. The largest absolute Gasteiger partial charge is 0.481 e. The number of carbonyl (C=O) groups excluding carboxylic acids is 1. The normalized spacial score (nSPS) is 13.6. The van der Waals surface area contributed by atoms with Crippen LogP contribution in [0.15, 0.2) is 17.5 Å². The molecule has 1 aromatic heterocycles. The van der Waals surface area contributed by atoms with Crippen LogP contribution in [0.1, 0.15) is 38.0 Å². The predicted molar refractivity (Wildman–Crippen MR) is 84.3 cm³/mol. The summed E-state index contributed by atoms with van der Waals surface area (Å²) in [5.41, 5.74) is 0. The highest BCUT2D eigenvalue weighted by Crippen LogP contribution is 2.09. The van der Waals surface area contributed by atoms with Gasteiger partial charge in [0.05, 0.1) is 19.0 Å². The molecular weight excluding hydrogens is 288 g/mol. The van der Waals surface area contributed by atoms with Gasteiger partial charge in [-0.3, -0.25) is 9.59 Å². The molecule has 0 bridgehead atoms. The summed E-state index contributed by atoms with van der Waals surface area (Å²) in [7, 11) is 0. The quantitative estimate of drug-likeness (QED) is 0.619. The first-order valence-electron chi connectivity index (χ1n) is 7.24. The minimum Gasteiger partial charge on any atom is -0.481 e. The third kappa shape index (κ3) is 7.82. The van der Waals surface area contributed by atoms with Gasteiger partial charge in [-0.15, -0.1) is 11.3 Å². The summed E-state index contributed by atoms with van der Waals surface area (Å²) in [6.07, 6.45) is 2.39. The molecule has 118 valence electrons. The molecule has 0 fully saturated rings. The van der Waals surface area contributed by atoms with Gasteiger partial charge in [-0.05, 0) is 31.2 Å². The molecule has 21 heavy (non-hydrogen) atoms. The molecule has 0 aliphatic carbocycles. The van der Waals surface area contributed by atoms with Crippen LogP contribution >= 0.6 is 11.3 Å². The van der Waals surface area contributed by atoms with E-state index in [-0.39, 0.29) is 17.9 Å². The smallest absolute Gasteiger partial charge is 0.306 e. The number of hydrogen-bond donors (Lipinski definition) is 3. The maximum Gasteiger partial charge on any atom is 0.306 e. The third-order valence-corrected chi connectivity index (χ3v) is 4.22. The molecule has 0 aliphatic rings. The van der Waals surface area contributed by atoms with E-state index in [2.05, 4.69) is 10.6 Å². The van der Waals surface area contributed by atoms with Crippen molar-refractivity contribution in [3.05, 3.63) is 22.4 Å². The number of amides is 1. The highest BCUT2D eigenvalue weighted by atomic mass is 32.1. The van der Waals surface area contributed by atoms with Gasteiger partial charge >= 0.3 is 5.97 Å². The number of rotatable bonds is 10. The van der Waals surface area contributed by atoms with Gasteiger partial charge in [0, 0.05) is 10.9 Å². The first kappa shape index (κ1) is 17.7.